The number of hydrogen-bond donors (Lipinski definition) is 1. The lowest BCUT2D eigenvalue weighted by Gasteiger charge is -2.26. The first-order valence-corrected chi connectivity index (χ1v) is 12.5. The van der Waals surface area contributed by atoms with Gasteiger partial charge in [0.2, 0.25) is 0 Å². The minimum absolute atomic E-state index is 0.288. The lowest BCUT2D eigenvalue weighted by atomic mass is 10.00. The molecular formula is C26H24N2O5S. The van der Waals surface area contributed by atoms with Crippen LogP contribution in [0.2, 0.25) is 0 Å². The van der Waals surface area contributed by atoms with Gasteiger partial charge in [-0.2, -0.15) is 0 Å². The van der Waals surface area contributed by atoms with Gasteiger partial charge in [0.1, 0.15) is 5.75 Å². The van der Waals surface area contributed by atoms with Crippen LogP contribution in [0, 0.1) is 0 Å². The van der Waals surface area contributed by atoms with Gasteiger partial charge in [0.05, 0.1) is 12.0 Å². The fourth-order valence-corrected chi connectivity index (χ4v) is 4.31. The Kier molecular flexibility index (Phi) is 6.51. The summed E-state index contributed by atoms with van der Waals surface area (Å²) in [6.07, 6.45) is 5.12. The Hall–Kier alpha value is -3.91. The van der Waals surface area contributed by atoms with E-state index in [-0.39, 0.29) is 4.90 Å². The summed E-state index contributed by atoms with van der Waals surface area (Å²) >= 11 is 0. The minimum Gasteiger partial charge on any atom is -0.497 e. The molecule has 7 nitrogen and oxygen atoms in total. The van der Waals surface area contributed by atoms with Crippen molar-refractivity contribution in [2.24, 2.45) is 0 Å². The van der Waals surface area contributed by atoms with Crippen molar-refractivity contribution in [3.05, 3.63) is 101 Å². The van der Waals surface area contributed by atoms with E-state index < -0.39 is 21.7 Å². The number of sulfone groups is 1. The number of fused-ring (bicyclic) bond motifs is 1. The number of amides is 2. The third kappa shape index (κ3) is 5.35. The van der Waals surface area contributed by atoms with Crippen molar-refractivity contribution in [3.8, 4) is 5.75 Å². The van der Waals surface area contributed by atoms with Crippen molar-refractivity contribution in [1.29, 1.82) is 0 Å². The van der Waals surface area contributed by atoms with E-state index in [9.17, 15) is 18.0 Å². The van der Waals surface area contributed by atoms with E-state index >= 15 is 0 Å². The number of hydrogen-bond acceptors (Lipinski definition) is 6. The fourth-order valence-electron chi connectivity index (χ4n) is 3.68. The van der Waals surface area contributed by atoms with Gasteiger partial charge >= 0.3 is 0 Å². The summed E-state index contributed by atoms with van der Waals surface area (Å²) in [6.45, 7) is 1.17. The Morgan fingerprint density at radius 3 is 2.24 bits per heavy atom. The molecule has 4 rings (SSSR count). The molecule has 0 aromatic heterocycles. The van der Waals surface area contributed by atoms with Crippen LogP contribution in [-0.4, -0.2) is 38.5 Å². The topological polar surface area (TPSA) is 92.8 Å². The quantitative estimate of drug-likeness (QED) is 0.546. The normalized spacial score (nSPS) is 12.7. The van der Waals surface area contributed by atoms with Gasteiger partial charge in [-0.15, -0.1) is 0 Å². The summed E-state index contributed by atoms with van der Waals surface area (Å²) in [4.78, 5) is 27.5. The molecule has 1 N–H and O–H groups in total. The number of benzene rings is 3. The third-order valence-electron chi connectivity index (χ3n) is 5.56. The van der Waals surface area contributed by atoms with E-state index in [0.717, 1.165) is 16.7 Å². The molecule has 3 aromatic carbocycles. The maximum atomic E-state index is 12.7. The molecule has 34 heavy (non-hydrogen) atoms. The summed E-state index contributed by atoms with van der Waals surface area (Å²) in [5, 5.41) is 2.43. The Bertz CT molecular complexity index is 1360. The van der Waals surface area contributed by atoms with Crippen molar-refractivity contribution >= 4 is 27.7 Å². The van der Waals surface area contributed by atoms with Crippen LogP contribution >= 0.6 is 0 Å². The molecule has 1 heterocycles. The van der Waals surface area contributed by atoms with E-state index in [1.807, 2.05) is 18.3 Å². The second-order valence-electron chi connectivity index (χ2n) is 8.06. The van der Waals surface area contributed by atoms with Crippen LogP contribution in [0.25, 0.3) is 6.08 Å². The summed E-state index contributed by atoms with van der Waals surface area (Å²) in [5.74, 6) is -0.327. The molecule has 2 amide bonds. The van der Waals surface area contributed by atoms with Crippen molar-refractivity contribution < 1.29 is 22.7 Å². The largest absolute Gasteiger partial charge is 0.497 e. The average molecular weight is 477 g/mol. The first kappa shape index (κ1) is 23.3. The SMILES string of the molecule is COc1ccc(C(=O)NC(=O)c2ccc3c(c2)CN(Cc2ccc(S(C)(=O)=O)cc2)C=C3)cc1. The van der Waals surface area contributed by atoms with E-state index in [1.54, 1.807) is 67.8 Å². The van der Waals surface area contributed by atoms with Gasteiger partial charge in [0, 0.05) is 36.7 Å². The van der Waals surface area contributed by atoms with E-state index in [2.05, 4.69) is 10.2 Å². The average Bonchev–Trinajstić information content (AvgIpc) is 2.83. The number of carbonyl (C=O) groups excluding carboxylic acids is 2. The number of rotatable bonds is 6. The number of imide groups is 1. The highest BCUT2D eigenvalue weighted by Crippen LogP contribution is 2.23. The number of carbonyl (C=O) groups is 2. The number of nitrogens with zero attached hydrogens (tertiary/aromatic N) is 1. The fraction of sp³-hybridized carbons (Fsp3) is 0.154. The molecule has 0 spiro atoms. The smallest absolute Gasteiger partial charge is 0.258 e. The molecule has 174 valence electrons. The Morgan fingerprint density at radius 1 is 0.941 bits per heavy atom. The summed E-state index contributed by atoms with van der Waals surface area (Å²) < 4.78 is 28.4. The highest BCUT2D eigenvalue weighted by Gasteiger charge is 2.17. The summed E-state index contributed by atoms with van der Waals surface area (Å²) in [5.41, 5.74) is 3.69. The van der Waals surface area contributed by atoms with Crippen molar-refractivity contribution in [2.45, 2.75) is 18.0 Å². The molecule has 1 aliphatic heterocycles. The van der Waals surface area contributed by atoms with Crippen LogP contribution in [0.5, 0.6) is 5.75 Å². The van der Waals surface area contributed by atoms with Crippen LogP contribution in [0.4, 0.5) is 0 Å². The molecule has 0 bridgehead atoms. The molecule has 0 atom stereocenters. The third-order valence-corrected chi connectivity index (χ3v) is 6.69. The van der Waals surface area contributed by atoms with E-state index in [1.165, 1.54) is 6.26 Å². The van der Waals surface area contributed by atoms with Crippen LogP contribution in [-0.2, 0) is 22.9 Å². The lowest BCUT2D eigenvalue weighted by molar-refractivity contribution is 0.0849. The second kappa shape index (κ2) is 9.52. The predicted molar refractivity (Wildman–Crippen MR) is 129 cm³/mol. The maximum absolute atomic E-state index is 12.7. The van der Waals surface area contributed by atoms with Crippen molar-refractivity contribution in [2.75, 3.05) is 13.4 Å². The van der Waals surface area contributed by atoms with Gasteiger partial charge in [-0.05, 0) is 71.3 Å². The first-order chi connectivity index (χ1) is 16.2. The summed E-state index contributed by atoms with van der Waals surface area (Å²) in [6, 6.07) is 18.7. The van der Waals surface area contributed by atoms with Gasteiger partial charge in [-0.1, -0.05) is 18.2 Å². The summed E-state index contributed by atoms with van der Waals surface area (Å²) in [7, 11) is -1.69. The second-order valence-corrected chi connectivity index (χ2v) is 10.1. The molecule has 8 heteroatoms. The zero-order valence-electron chi connectivity index (χ0n) is 18.8. The highest BCUT2D eigenvalue weighted by molar-refractivity contribution is 7.90. The molecule has 1 aliphatic rings. The predicted octanol–water partition coefficient (Wildman–Crippen LogP) is 3.66. The van der Waals surface area contributed by atoms with Gasteiger partial charge in [-0.3, -0.25) is 14.9 Å². The molecule has 0 aliphatic carbocycles. The lowest BCUT2D eigenvalue weighted by Crippen LogP contribution is -2.30. The number of methoxy groups -OCH3 is 1. The Morgan fingerprint density at radius 2 is 1.59 bits per heavy atom. The molecule has 0 unspecified atom stereocenters. The monoisotopic (exact) mass is 476 g/mol. The molecule has 0 fully saturated rings. The van der Waals surface area contributed by atoms with Crippen molar-refractivity contribution in [3.63, 3.8) is 0 Å². The molecule has 0 saturated heterocycles. The minimum atomic E-state index is -3.23. The van der Waals surface area contributed by atoms with Crippen LogP contribution in [0.15, 0.2) is 77.8 Å². The van der Waals surface area contributed by atoms with Crippen LogP contribution in [0.3, 0.4) is 0 Å². The van der Waals surface area contributed by atoms with Crippen molar-refractivity contribution in [1.82, 2.24) is 10.2 Å². The maximum Gasteiger partial charge on any atom is 0.258 e. The standard InChI is InChI=1S/C26H24N2O5S/c1-33-23-9-7-20(8-10-23)25(29)27-26(30)21-6-5-19-13-14-28(17-22(19)15-21)16-18-3-11-24(12-4-18)34(2,31)32/h3-15H,16-17H2,1-2H3,(H,27,29,30). The zero-order chi connectivity index (χ0) is 24.3. The van der Waals surface area contributed by atoms with Crippen LogP contribution < -0.4 is 10.1 Å². The zero-order valence-corrected chi connectivity index (χ0v) is 19.6. The van der Waals surface area contributed by atoms with Gasteiger partial charge in [-0.25, -0.2) is 8.42 Å². The van der Waals surface area contributed by atoms with Gasteiger partial charge in [0.15, 0.2) is 9.84 Å². The number of ether oxygens (including phenoxy) is 1. The number of nitrogens with one attached hydrogen (secondary N) is 1. The van der Waals surface area contributed by atoms with E-state index in [4.69, 9.17) is 4.74 Å². The highest BCUT2D eigenvalue weighted by atomic mass is 32.2. The van der Waals surface area contributed by atoms with E-state index in [0.29, 0.717) is 30.0 Å². The Balaban J connectivity index is 1.43. The molecule has 3 aromatic rings. The molecule has 0 saturated carbocycles. The van der Waals surface area contributed by atoms with Gasteiger partial charge < -0.3 is 9.64 Å². The van der Waals surface area contributed by atoms with Crippen LogP contribution in [0.1, 0.15) is 37.4 Å². The molecule has 0 radical (unpaired) electrons. The Labute approximate surface area is 198 Å². The first-order valence-electron chi connectivity index (χ1n) is 10.6. The van der Waals surface area contributed by atoms with Gasteiger partial charge in [0.25, 0.3) is 11.8 Å². The molecular weight excluding hydrogens is 452 g/mol.